The van der Waals surface area contributed by atoms with E-state index in [0.717, 1.165) is 0 Å². The van der Waals surface area contributed by atoms with Crippen LogP contribution in [0.2, 0.25) is 5.02 Å². The highest BCUT2D eigenvalue weighted by Gasteiger charge is 2.29. The molecule has 0 aliphatic carbocycles. The molecule has 1 rings (SSSR count). The van der Waals surface area contributed by atoms with E-state index in [1.165, 1.54) is 31.2 Å². The van der Waals surface area contributed by atoms with Gasteiger partial charge in [-0.1, -0.05) is 23.7 Å². The van der Waals surface area contributed by atoms with Gasteiger partial charge in [0, 0.05) is 5.02 Å². The zero-order chi connectivity index (χ0) is 11.7. The summed E-state index contributed by atoms with van der Waals surface area (Å²) in [6.45, 7) is 1.31. The summed E-state index contributed by atoms with van der Waals surface area (Å²) < 4.78 is 30.0. The molecule has 0 aliphatic rings. The molecule has 0 saturated heterocycles. The van der Waals surface area contributed by atoms with E-state index in [2.05, 4.69) is 0 Å². The summed E-state index contributed by atoms with van der Waals surface area (Å²) in [7, 11) is -4.22. The van der Waals surface area contributed by atoms with E-state index in [9.17, 15) is 13.5 Å². The minimum absolute atomic E-state index is 0.379. The summed E-state index contributed by atoms with van der Waals surface area (Å²) >= 11 is 5.65. The Kier molecular flexibility index (Phi) is 3.40. The first-order valence-electron chi connectivity index (χ1n) is 4.14. The Balaban J connectivity index is 3.00. The van der Waals surface area contributed by atoms with Crippen molar-refractivity contribution >= 4 is 21.7 Å². The zero-order valence-corrected chi connectivity index (χ0v) is 9.59. The average Bonchev–Trinajstić information content (AvgIpc) is 2.00. The van der Waals surface area contributed by atoms with Crippen LogP contribution in [-0.2, 0) is 15.7 Å². The summed E-state index contributed by atoms with van der Waals surface area (Å²) in [4.78, 5) is 0. The normalized spacial score (nSPS) is 16.0. The SMILES string of the molecule is CC(O)(CS(=O)(=O)O)c1ccc(Cl)cc1. The van der Waals surface area contributed by atoms with Crippen LogP contribution < -0.4 is 0 Å². The van der Waals surface area contributed by atoms with Gasteiger partial charge in [-0.25, -0.2) is 0 Å². The summed E-state index contributed by atoms with van der Waals surface area (Å²) in [5.41, 5.74) is -1.25. The van der Waals surface area contributed by atoms with Crippen LogP contribution in [0.25, 0.3) is 0 Å². The molecule has 6 heteroatoms. The van der Waals surface area contributed by atoms with Crippen molar-refractivity contribution in [2.45, 2.75) is 12.5 Å². The molecule has 15 heavy (non-hydrogen) atoms. The second-order valence-corrected chi connectivity index (χ2v) is 5.40. The first kappa shape index (κ1) is 12.4. The van der Waals surface area contributed by atoms with Gasteiger partial charge in [-0.2, -0.15) is 8.42 Å². The van der Waals surface area contributed by atoms with E-state index in [0.29, 0.717) is 10.6 Å². The van der Waals surface area contributed by atoms with E-state index in [4.69, 9.17) is 16.2 Å². The smallest absolute Gasteiger partial charge is 0.268 e. The lowest BCUT2D eigenvalue weighted by Crippen LogP contribution is -2.30. The van der Waals surface area contributed by atoms with Gasteiger partial charge in [0.05, 0.1) is 0 Å². The molecule has 0 heterocycles. The molecule has 0 fully saturated rings. The largest absolute Gasteiger partial charge is 0.384 e. The molecular weight excluding hydrogens is 240 g/mol. The summed E-state index contributed by atoms with van der Waals surface area (Å²) in [6, 6.07) is 6.09. The zero-order valence-electron chi connectivity index (χ0n) is 8.01. The molecule has 1 aromatic rings. The summed E-state index contributed by atoms with van der Waals surface area (Å²) in [6.07, 6.45) is 0. The molecule has 0 radical (unpaired) electrons. The Morgan fingerprint density at radius 3 is 2.20 bits per heavy atom. The fourth-order valence-electron chi connectivity index (χ4n) is 1.25. The van der Waals surface area contributed by atoms with Crippen molar-refractivity contribution in [1.82, 2.24) is 0 Å². The Morgan fingerprint density at radius 1 is 1.33 bits per heavy atom. The van der Waals surface area contributed by atoms with Crippen LogP contribution >= 0.6 is 11.6 Å². The highest BCUT2D eigenvalue weighted by Crippen LogP contribution is 2.23. The minimum atomic E-state index is -4.22. The maximum atomic E-state index is 10.7. The number of benzene rings is 1. The first-order valence-corrected chi connectivity index (χ1v) is 6.13. The lowest BCUT2D eigenvalue weighted by Gasteiger charge is -2.21. The van der Waals surface area contributed by atoms with Crippen molar-refractivity contribution in [3.63, 3.8) is 0 Å². The fraction of sp³-hybridized carbons (Fsp3) is 0.333. The Morgan fingerprint density at radius 2 is 1.80 bits per heavy atom. The van der Waals surface area contributed by atoms with E-state index < -0.39 is 21.5 Å². The number of rotatable bonds is 3. The van der Waals surface area contributed by atoms with Gasteiger partial charge >= 0.3 is 0 Å². The van der Waals surface area contributed by atoms with Gasteiger partial charge in [0.1, 0.15) is 11.4 Å². The predicted octanol–water partition coefficient (Wildman–Crippen LogP) is 1.44. The highest BCUT2D eigenvalue weighted by atomic mass is 35.5. The molecule has 0 amide bonds. The quantitative estimate of drug-likeness (QED) is 0.796. The minimum Gasteiger partial charge on any atom is -0.384 e. The third-order valence-corrected chi connectivity index (χ3v) is 3.11. The number of hydrogen-bond donors (Lipinski definition) is 2. The predicted molar refractivity (Wildman–Crippen MR) is 57.4 cm³/mol. The third-order valence-electron chi connectivity index (χ3n) is 1.93. The number of halogens is 1. The molecule has 0 aromatic heterocycles. The molecule has 1 atom stereocenters. The van der Waals surface area contributed by atoms with Gasteiger partial charge in [-0.05, 0) is 24.6 Å². The summed E-state index contributed by atoms with van der Waals surface area (Å²) in [5, 5.41) is 10.3. The van der Waals surface area contributed by atoms with E-state index in [-0.39, 0.29) is 0 Å². The Labute approximate surface area is 93.3 Å². The standard InChI is InChI=1S/C9H11ClO4S/c1-9(11,6-15(12,13)14)7-2-4-8(10)5-3-7/h2-5,11H,6H2,1H3,(H,12,13,14). The van der Waals surface area contributed by atoms with Crippen molar-refractivity contribution in [2.24, 2.45) is 0 Å². The summed E-state index contributed by atoms with van der Waals surface area (Å²) in [5.74, 6) is -0.748. The van der Waals surface area contributed by atoms with Crippen molar-refractivity contribution in [3.05, 3.63) is 34.9 Å². The highest BCUT2D eigenvalue weighted by molar-refractivity contribution is 7.85. The molecule has 1 aromatic carbocycles. The van der Waals surface area contributed by atoms with Gasteiger partial charge in [0.25, 0.3) is 10.1 Å². The van der Waals surface area contributed by atoms with E-state index in [1.54, 1.807) is 0 Å². The molecule has 84 valence electrons. The van der Waals surface area contributed by atoms with Gasteiger partial charge in [-0.15, -0.1) is 0 Å². The Bertz CT molecular complexity index is 436. The maximum Gasteiger partial charge on any atom is 0.268 e. The second kappa shape index (κ2) is 4.09. The fourth-order valence-corrected chi connectivity index (χ4v) is 2.25. The second-order valence-electron chi connectivity index (χ2n) is 3.51. The number of aliphatic hydroxyl groups is 1. The topological polar surface area (TPSA) is 74.6 Å². The average molecular weight is 251 g/mol. The maximum absolute atomic E-state index is 10.7. The third kappa shape index (κ3) is 3.79. The van der Waals surface area contributed by atoms with Crippen molar-refractivity contribution in [1.29, 1.82) is 0 Å². The van der Waals surface area contributed by atoms with Crippen LogP contribution in [0.3, 0.4) is 0 Å². The van der Waals surface area contributed by atoms with Crippen LogP contribution in [0.5, 0.6) is 0 Å². The van der Waals surface area contributed by atoms with Gasteiger partial charge in [-0.3, -0.25) is 4.55 Å². The van der Waals surface area contributed by atoms with Gasteiger partial charge < -0.3 is 5.11 Å². The molecule has 1 unspecified atom stereocenters. The van der Waals surface area contributed by atoms with Crippen molar-refractivity contribution in [2.75, 3.05) is 5.75 Å². The monoisotopic (exact) mass is 250 g/mol. The molecule has 4 nitrogen and oxygen atoms in total. The van der Waals surface area contributed by atoms with Crippen LogP contribution in [-0.4, -0.2) is 23.8 Å². The van der Waals surface area contributed by atoms with Crippen LogP contribution in [0.1, 0.15) is 12.5 Å². The molecular formula is C9H11ClO4S. The Hall–Kier alpha value is -0.620. The lowest BCUT2D eigenvalue weighted by molar-refractivity contribution is 0.0802. The molecule has 0 bridgehead atoms. The molecule has 0 aliphatic heterocycles. The van der Waals surface area contributed by atoms with Crippen molar-refractivity contribution in [3.8, 4) is 0 Å². The van der Waals surface area contributed by atoms with Crippen LogP contribution in [0, 0.1) is 0 Å². The number of hydrogen-bond acceptors (Lipinski definition) is 3. The molecule has 2 N–H and O–H groups in total. The van der Waals surface area contributed by atoms with E-state index in [1.807, 2.05) is 0 Å². The van der Waals surface area contributed by atoms with E-state index >= 15 is 0 Å². The van der Waals surface area contributed by atoms with Gasteiger partial charge in [0.2, 0.25) is 0 Å². The first-order chi connectivity index (χ1) is 6.71. The lowest BCUT2D eigenvalue weighted by atomic mass is 9.99. The molecule has 0 saturated carbocycles. The van der Waals surface area contributed by atoms with Gasteiger partial charge in [0.15, 0.2) is 0 Å². The van der Waals surface area contributed by atoms with Crippen LogP contribution in [0.4, 0.5) is 0 Å². The van der Waals surface area contributed by atoms with Crippen molar-refractivity contribution < 1.29 is 18.1 Å². The molecule has 0 spiro atoms. The van der Waals surface area contributed by atoms with Crippen LogP contribution in [0.15, 0.2) is 24.3 Å².